The van der Waals surface area contributed by atoms with Crippen LogP contribution in [-0.4, -0.2) is 18.3 Å². The van der Waals surface area contributed by atoms with Crippen molar-refractivity contribution >= 4 is 42.0 Å². The van der Waals surface area contributed by atoms with E-state index in [1.807, 2.05) is 0 Å². The maximum atomic E-state index is 10.7. The molecule has 0 aliphatic carbocycles. The van der Waals surface area contributed by atoms with Crippen LogP contribution in [0, 0.1) is 0 Å². The number of rotatable bonds is 3. The fraction of sp³-hybridized carbons (Fsp3) is 0.250. The van der Waals surface area contributed by atoms with Gasteiger partial charge in [0.25, 0.3) is 0 Å². The predicted molar refractivity (Wildman–Crippen MR) is 59.6 cm³/mol. The second-order valence-corrected chi connectivity index (χ2v) is 5.65. The second-order valence-electron chi connectivity index (χ2n) is 2.66. The van der Waals surface area contributed by atoms with Gasteiger partial charge in [-0.3, -0.25) is 0 Å². The Labute approximate surface area is 128 Å². The van der Waals surface area contributed by atoms with Gasteiger partial charge in [0, 0.05) is 9.80 Å². The molecule has 0 atom stereocenters. The summed E-state index contributed by atoms with van der Waals surface area (Å²) in [5, 5.41) is 0.795. The van der Waals surface area contributed by atoms with Gasteiger partial charge in [-0.15, -0.1) is 0 Å². The molecule has 0 saturated heterocycles. The van der Waals surface area contributed by atoms with Crippen LogP contribution in [0.25, 0.3) is 0 Å². The molecule has 0 bridgehead atoms. The topological polar surface area (TPSA) is 57.2 Å². The van der Waals surface area contributed by atoms with Gasteiger partial charge < -0.3 is 4.55 Å². The predicted octanol–water partition coefficient (Wildman–Crippen LogP) is -0.705. The molecule has 0 heterocycles. The van der Waals surface area contributed by atoms with E-state index in [1.165, 1.54) is 6.07 Å². The molecule has 0 aromatic heterocycles. The molecule has 0 aliphatic heterocycles. The Morgan fingerprint density at radius 1 is 1.33 bits per heavy atom. The average molecular weight is 366 g/mol. The first kappa shape index (κ1) is 16.1. The largest absolute Gasteiger partial charge is 1.00 e. The fourth-order valence-electron chi connectivity index (χ4n) is 1.01. The van der Waals surface area contributed by atoms with E-state index in [-0.39, 0.29) is 34.5 Å². The van der Waals surface area contributed by atoms with Crippen molar-refractivity contribution in [2.75, 3.05) is 5.33 Å². The van der Waals surface area contributed by atoms with Gasteiger partial charge in [0.15, 0.2) is 0 Å². The molecule has 15 heavy (non-hydrogen) atoms. The Morgan fingerprint density at radius 2 is 1.93 bits per heavy atom. The van der Waals surface area contributed by atoms with Gasteiger partial charge in [0.2, 0.25) is 0 Å². The van der Waals surface area contributed by atoms with Gasteiger partial charge in [0.05, 0.1) is 4.90 Å². The second kappa shape index (κ2) is 6.74. The van der Waals surface area contributed by atoms with Crippen molar-refractivity contribution in [1.29, 1.82) is 0 Å². The quantitative estimate of drug-likeness (QED) is 0.404. The van der Waals surface area contributed by atoms with E-state index in [2.05, 4.69) is 31.9 Å². The van der Waals surface area contributed by atoms with Crippen molar-refractivity contribution in [3.05, 3.63) is 28.2 Å². The van der Waals surface area contributed by atoms with Gasteiger partial charge in [-0.2, -0.15) is 0 Å². The first-order valence-corrected chi connectivity index (χ1v) is 7.07. The van der Waals surface area contributed by atoms with E-state index in [4.69, 9.17) is 0 Å². The van der Waals surface area contributed by atoms with Crippen LogP contribution in [0.3, 0.4) is 0 Å². The van der Waals surface area contributed by atoms with Crippen molar-refractivity contribution < 1.29 is 42.5 Å². The zero-order chi connectivity index (χ0) is 10.8. The molecule has 78 valence electrons. The summed E-state index contributed by atoms with van der Waals surface area (Å²) in [6, 6.07) is 4.60. The summed E-state index contributed by atoms with van der Waals surface area (Å²) in [4.78, 5) is -0.212. The zero-order valence-corrected chi connectivity index (χ0v) is 14.0. The third-order valence-corrected chi connectivity index (χ3v) is 3.86. The van der Waals surface area contributed by atoms with Gasteiger partial charge in [-0.05, 0) is 40.0 Å². The fourth-order valence-corrected chi connectivity index (χ4v) is 3.02. The number of benzene rings is 1. The molecule has 7 heteroatoms. The Kier molecular flexibility index (Phi) is 7.22. The summed E-state index contributed by atoms with van der Waals surface area (Å²) in [5.41, 5.74) is 0.973. The Bertz CT molecular complexity index is 434. The SMILES string of the molecule is O=S(=O)([O-])c1ccc(CCBr)cc1Br.[Na+]. The van der Waals surface area contributed by atoms with Crippen LogP contribution in [0.15, 0.2) is 27.6 Å². The van der Waals surface area contributed by atoms with Gasteiger partial charge in [-0.1, -0.05) is 22.0 Å². The van der Waals surface area contributed by atoms with E-state index in [1.54, 1.807) is 12.1 Å². The third-order valence-electron chi connectivity index (χ3n) is 1.65. The normalized spacial score (nSPS) is 10.9. The van der Waals surface area contributed by atoms with E-state index in [0.29, 0.717) is 4.47 Å². The molecule has 3 nitrogen and oxygen atoms in total. The summed E-state index contributed by atoms with van der Waals surface area (Å²) in [7, 11) is -4.37. The van der Waals surface area contributed by atoms with Crippen molar-refractivity contribution in [3.8, 4) is 0 Å². The summed E-state index contributed by atoms with van der Waals surface area (Å²) < 4.78 is 32.5. The first-order valence-electron chi connectivity index (χ1n) is 3.75. The summed E-state index contributed by atoms with van der Waals surface area (Å²) >= 11 is 6.33. The molecule has 1 aromatic carbocycles. The minimum atomic E-state index is -4.37. The maximum absolute atomic E-state index is 10.7. The molecular formula is C8H7Br2NaO3S. The van der Waals surface area contributed by atoms with Crippen LogP contribution < -0.4 is 29.6 Å². The first-order chi connectivity index (χ1) is 6.45. The molecule has 0 aliphatic rings. The molecule has 1 aromatic rings. The van der Waals surface area contributed by atoms with Crippen molar-refractivity contribution in [3.63, 3.8) is 0 Å². The number of alkyl halides is 1. The minimum absolute atomic E-state index is 0. The molecule has 1 rings (SSSR count). The summed E-state index contributed by atoms with van der Waals surface area (Å²) in [6.07, 6.45) is 0.789. The standard InChI is InChI=1S/C8H8Br2O3S.Na/c9-4-3-6-1-2-8(7(10)5-6)14(11,12)13;/h1-2,5H,3-4H2,(H,11,12,13);/q;+1/p-1. The maximum Gasteiger partial charge on any atom is 1.00 e. The summed E-state index contributed by atoms with van der Waals surface area (Å²) in [6.45, 7) is 0. The van der Waals surface area contributed by atoms with Gasteiger partial charge in [-0.25, -0.2) is 8.42 Å². The molecule has 0 fully saturated rings. The van der Waals surface area contributed by atoms with Gasteiger partial charge in [0.1, 0.15) is 10.1 Å². The van der Waals surface area contributed by atoms with Crippen LogP contribution in [0.4, 0.5) is 0 Å². The number of hydrogen-bond acceptors (Lipinski definition) is 3. The van der Waals surface area contributed by atoms with Crippen LogP contribution in [0.5, 0.6) is 0 Å². The molecule has 0 saturated carbocycles. The molecule has 0 amide bonds. The molecule has 0 unspecified atom stereocenters. The van der Waals surface area contributed by atoms with Crippen LogP contribution in [0.2, 0.25) is 0 Å². The number of halogens is 2. The third kappa shape index (κ3) is 4.85. The molecule has 0 radical (unpaired) electrons. The summed E-state index contributed by atoms with van der Waals surface area (Å²) in [5.74, 6) is 0. The number of hydrogen-bond donors (Lipinski definition) is 0. The zero-order valence-electron chi connectivity index (χ0n) is 8.04. The average Bonchev–Trinajstić information content (AvgIpc) is 2.02. The Morgan fingerprint density at radius 3 is 2.33 bits per heavy atom. The Hall–Kier alpha value is 1.09. The number of aryl methyl sites for hydroxylation is 1. The monoisotopic (exact) mass is 364 g/mol. The molecular weight excluding hydrogens is 359 g/mol. The van der Waals surface area contributed by atoms with Gasteiger partial charge >= 0.3 is 29.6 Å². The van der Waals surface area contributed by atoms with E-state index in [9.17, 15) is 13.0 Å². The molecule has 0 N–H and O–H groups in total. The van der Waals surface area contributed by atoms with Crippen LogP contribution >= 0.6 is 31.9 Å². The van der Waals surface area contributed by atoms with Crippen molar-refractivity contribution in [2.45, 2.75) is 11.3 Å². The van der Waals surface area contributed by atoms with E-state index >= 15 is 0 Å². The van der Waals surface area contributed by atoms with E-state index < -0.39 is 10.1 Å². The van der Waals surface area contributed by atoms with E-state index in [0.717, 1.165) is 17.3 Å². The molecule has 0 spiro atoms. The Balaban J connectivity index is 0.00000196. The van der Waals surface area contributed by atoms with Crippen LogP contribution in [-0.2, 0) is 16.5 Å². The van der Waals surface area contributed by atoms with Crippen molar-refractivity contribution in [2.24, 2.45) is 0 Å². The minimum Gasteiger partial charge on any atom is -0.744 e. The van der Waals surface area contributed by atoms with Crippen LogP contribution in [0.1, 0.15) is 5.56 Å². The smallest absolute Gasteiger partial charge is 0.744 e. The van der Waals surface area contributed by atoms with Crippen molar-refractivity contribution in [1.82, 2.24) is 0 Å².